The highest BCUT2D eigenvalue weighted by Crippen LogP contribution is 2.34. The fourth-order valence-electron chi connectivity index (χ4n) is 2.06. The second-order valence-electron chi connectivity index (χ2n) is 4.78. The van der Waals surface area contributed by atoms with Gasteiger partial charge in [-0.3, -0.25) is 4.79 Å². The molecule has 0 amide bonds. The van der Waals surface area contributed by atoms with E-state index in [0.717, 1.165) is 4.90 Å². The molecular weight excluding hydrogens is 352 g/mol. The van der Waals surface area contributed by atoms with Crippen molar-refractivity contribution >= 4 is 35.3 Å². The van der Waals surface area contributed by atoms with Crippen molar-refractivity contribution in [1.29, 1.82) is 0 Å². The Morgan fingerprint density at radius 1 is 1.08 bits per heavy atom. The number of esters is 2. The van der Waals surface area contributed by atoms with E-state index in [1.165, 1.54) is 32.0 Å². The molecular formula is C17H15ClO5S. The van der Waals surface area contributed by atoms with Crippen LogP contribution in [0.1, 0.15) is 15.9 Å². The van der Waals surface area contributed by atoms with Gasteiger partial charge in [0.2, 0.25) is 0 Å². The summed E-state index contributed by atoms with van der Waals surface area (Å²) in [5.74, 6) is -1.48. The van der Waals surface area contributed by atoms with E-state index in [1.54, 1.807) is 18.2 Å². The van der Waals surface area contributed by atoms with Crippen LogP contribution in [0.2, 0.25) is 5.02 Å². The molecule has 5 nitrogen and oxygen atoms in total. The lowest BCUT2D eigenvalue weighted by Gasteiger charge is -2.12. The lowest BCUT2D eigenvalue weighted by atomic mass is 10.0. The summed E-state index contributed by atoms with van der Waals surface area (Å²) in [6, 6.07) is 10.3. The summed E-state index contributed by atoms with van der Waals surface area (Å²) in [5, 5.41) is 10.8. The maximum atomic E-state index is 11.9. The molecule has 0 fully saturated rings. The first-order valence-electron chi connectivity index (χ1n) is 6.89. The molecule has 0 saturated carbocycles. The summed E-state index contributed by atoms with van der Waals surface area (Å²) >= 11 is 7.22. The zero-order chi connectivity index (χ0) is 17.7. The first-order valence-corrected chi connectivity index (χ1v) is 8.08. The van der Waals surface area contributed by atoms with Gasteiger partial charge in [0.1, 0.15) is 11.3 Å². The molecule has 0 aliphatic carbocycles. The van der Waals surface area contributed by atoms with Gasteiger partial charge in [-0.2, -0.15) is 0 Å². The average molecular weight is 367 g/mol. The van der Waals surface area contributed by atoms with Crippen molar-refractivity contribution < 1.29 is 24.2 Å². The topological polar surface area (TPSA) is 72.8 Å². The van der Waals surface area contributed by atoms with E-state index in [-0.39, 0.29) is 17.7 Å². The van der Waals surface area contributed by atoms with E-state index in [4.69, 9.17) is 11.6 Å². The Labute approximate surface area is 148 Å². The van der Waals surface area contributed by atoms with E-state index >= 15 is 0 Å². The first-order chi connectivity index (χ1) is 11.4. The van der Waals surface area contributed by atoms with Crippen molar-refractivity contribution in [3.05, 3.63) is 52.5 Å². The van der Waals surface area contributed by atoms with Crippen LogP contribution in [0.25, 0.3) is 0 Å². The molecule has 24 heavy (non-hydrogen) atoms. The van der Waals surface area contributed by atoms with Crippen LogP contribution < -0.4 is 0 Å². The molecule has 0 saturated heterocycles. The number of rotatable bonds is 5. The minimum Gasteiger partial charge on any atom is -0.507 e. The summed E-state index contributed by atoms with van der Waals surface area (Å²) in [4.78, 5) is 25.0. The molecule has 0 heterocycles. The molecule has 7 heteroatoms. The predicted octanol–water partition coefficient (Wildman–Crippen LogP) is 3.70. The minimum atomic E-state index is -0.713. The molecule has 0 aliphatic rings. The second kappa shape index (κ2) is 8.08. The number of carbonyl (C=O) groups excluding carboxylic acids is 2. The zero-order valence-electron chi connectivity index (χ0n) is 13.0. The van der Waals surface area contributed by atoms with Crippen LogP contribution in [-0.2, 0) is 20.7 Å². The fraction of sp³-hybridized carbons (Fsp3) is 0.176. The quantitative estimate of drug-likeness (QED) is 0.813. The molecule has 0 radical (unpaired) electrons. The van der Waals surface area contributed by atoms with Gasteiger partial charge >= 0.3 is 11.9 Å². The van der Waals surface area contributed by atoms with Crippen LogP contribution in [0, 0.1) is 0 Å². The van der Waals surface area contributed by atoms with Crippen LogP contribution in [0.3, 0.4) is 0 Å². The molecule has 0 spiro atoms. The van der Waals surface area contributed by atoms with Crippen molar-refractivity contribution in [3.63, 3.8) is 0 Å². The normalized spacial score (nSPS) is 10.3. The standard InChI is InChI=1S/C17H15ClO5S/c1-22-15(20)8-10-7-13(9-14(19)16(10)17(21)23-2)24-12-5-3-11(18)4-6-12/h3-7,9,19H,8H2,1-2H3. The third-order valence-corrected chi connectivity index (χ3v) is 4.41. The number of hydrogen-bond acceptors (Lipinski definition) is 6. The van der Waals surface area contributed by atoms with Gasteiger partial charge in [-0.15, -0.1) is 0 Å². The number of aromatic hydroxyl groups is 1. The number of benzene rings is 2. The minimum absolute atomic E-state index is 0.0386. The third-order valence-electron chi connectivity index (χ3n) is 3.17. The molecule has 0 aromatic heterocycles. The SMILES string of the molecule is COC(=O)Cc1cc(Sc2ccc(Cl)cc2)cc(O)c1C(=O)OC. The summed E-state index contributed by atoms with van der Waals surface area (Å²) in [5.41, 5.74) is 0.300. The predicted molar refractivity (Wildman–Crippen MR) is 90.7 cm³/mol. The van der Waals surface area contributed by atoms with E-state index in [2.05, 4.69) is 9.47 Å². The molecule has 1 N–H and O–H groups in total. The third kappa shape index (κ3) is 4.43. The number of carbonyl (C=O) groups is 2. The maximum absolute atomic E-state index is 11.9. The number of halogens is 1. The van der Waals surface area contributed by atoms with Crippen LogP contribution in [0.15, 0.2) is 46.2 Å². The van der Waals surface area contributed by atoms with E-state index in [1.807, 2.05) is 12.1 Å². The average Bonchev–Trinajstić information content (AvgIpc) is 2.56. The van der Waals surface area contributed by atoms with Crippen LogP contribution in [-0.4, -0.2) is 31.3 Å². The lowest BCUT2D eigenvalue weighted by molar-refractivity contribution is -0.139. The highest BCUT2D eigenvalue weighted by molar-refractivity contribution is 7.99. The van der Waals surface area contributed by atoms with E-state index < -0.39 is 11.9 Å². The number of phenolic OH excluding ortho intramolecular Hbond substituents is 1. The Morgan fingerprint density at radius 3 is 2.33 bits per heavy atom. The molecule has 2 aromatic rings. The largest absolute Gasteiger partial charge is 0.507 e. The van der Waals surface area contributed by atoms with Crippen molar-refractivity contribution in [2.24, 2.45) is 0 Å². The van der Waals surface area contributed by atoms with Gasteiger partial charge in [-0.1, -0.05) is 23.4 Å². The first kappa shape index (κ1) is 18.2. The fourth-order valence-corrected chi connectivity index (χ4v) is 3.10. The van der Waals surface area contributed by atoms with Gasteiger partial charge in [-0.05, 0) is 42.0 Å². The van der Waals surface area contributed by atoms with Crippen LogP contribution in [0.4, 0.5) is 0 Å². The summed E-state index contributed by atoms with van der Waals surface area (Å²) < 4.78 is 9.31. The van der Waals surface area contributed by atoms with Crippen molar-refractivity contribution in [1.82, 2.24) is 0 Å². The van der Waals surface area contributed by atoms with E-state index in [9.17, 15) is 14.7 Å². The van der Waals surface area contributed by atoms with Gasteiger partial charge in [0.05, 0.1) is 20.6 Å². The number of ether oxygens (including phenoxy) is 2. The van der Waals surface area contributed by atoms with Gasteiger partial charge in [0.15, 0.2) is 0 Å². The Hall–Kier alpha value is -2.18. The number of hydrogen-bond donors (Lipinski definition) is 1. The van der Waals surface area contributed by atoms with Gasteiger partial charge in [-0.25, -0.2) is 4.79 Å². The Morgan fingerprint density at radius 2 is 1.75 bits per heavy atom. The van der Waals surface area contributed by atoms with Gasteiger partial charge < -0.3 is 14.6 Å². The molecule has 0 unspecified atom stereocenters. The molecule has 0 aliphatic heterocycles. The molecule has 2 rings (SSSR count). The van der Waals surface area contributed by atoms with Gasteiger partial charge in [0.25, 0.3) is 0 Å². The Kier molecular flexibility index (Phi) is 6.11. The molecule has 0 bridgehead atoms. The van der Waals surface area contributed by atoms with Crippen molar-refractivity contribution in [2.75, 3.05) is 14.2 Å². The van der Waals surface area contributed by atoms with Gasteiger partial charge in [0, 0.05) is 14.8 Å². The lowest BCUT2D eigenvalue weighted by Crippen LogP contribution is -2.11. The smallest absolute Gasteiger partial charge is 0.341 e. The Balaban J connectivity index is 2.41. The van der Waals surface area contributed by atoms with E-state index in [0.29, 0.717) is 15.5 Å². The number of phenols is 1. The van der Waals surface area contributed by atoms with Crippen molar-refractivity contribution in [2.45, 2.75) is 16.2 Å². The van der Waals surface area contributed by atoms with Crippen LogP contribution >= 0.6 is 23.4 Å². The maximum Gasteiger partial charge on any atom is 0.341 e. The molecule has 126 valence electrons. The highest BCUT2D eigenvalue weighted by atomic mass is 35.5. The summed E-state index contributed by atoms with van der Waals surface area (Å²) in [6.07, 6.45) is -0.149. The monoisotopic (exact) mass is 366 g/mol. The highest BCUT2D eigenvalue weighted by Gasteiger charge is 2.21. The molecule has 2 aromatic carbocycles. The zero-order valence-corrected chi connectivity index (χ0v) is 14.6. The number of methoxy groups -OCH3 is 2. The second-order valence-corrected chi connectivity index (χ2v) is 6.36. The summed E-state index contributed by atoms with van der Waals surface area (Å²) in [6.45, 7) is 0. The molecule has 0 atom stereocenters. The summed E-state index contributed by atoms with van der Waals surface area (Å²) in [7, 11) is 2.46. The van der Waals surface area contributed by atoms with Crippen LogP contribution in [0.5, 0.6) is 5.75 Å². The van der Waals surface area contributed by atoms with Crippen molar-refractivity contribution in [3.8, 4) is 5.75 Å². The Bertz CT molecular complexity index is 758.